The second kappa shape index (κ2) is 10.2. The Morgan fingerprint density at radius 1 is 1.24 bits per heavy atom. The Morgan fingerprint density at radius 2 is 2.06 bits per heavy atom. The number of hydrogen-bond donors (Lipinski definition) is 2. The predicted octanol–water partition coefficient (Wildman–Crippen LogP) is 3.54. The summed E-state index contributed by atoms with van der Waals surface area (Å²) in [6, 6.07) is 13.0. The van der Waals surface area contributed by atoms with E-state index in [1.807, 2.05) is 30.3 Å². The quantitative estimate of drug-likeness (QED) is 0.379. The third-order valence-corrected chi connectivity index (χ3v) is 7.45. The van der Waals surface area contributed by atoms with E-state index in [2.05, 4.69) is 19.6 Å². The van der Waals surface area contributed by atoms with Gasteiger partial charge < -0.3 is 15.2 Å². The van der Waals surface area contributed by atoms with Crippen LogP contribution in [-0.2, 0) is 16.6 Å². The maximum atomic E-state index is 12.6. The van der Waals surface area contributed by atoms with Gasteiger partial charge in [-0.3, -0.25) is 9.69 Å². The standard InChI is InChI=1S/C24H28ClN5O3S/c1-29(2)16-27-34(32,33)23-12-17(5-8-22(23)25)14-30-11-3-4-20(15-30)28-19-6-7-21-18(13-19)9-10-26-24(21)31/h5-10,12-13,16,20,28H,3-4,11,14-15H2,1-2H3,(H,26,31)/b27-16+/t20-/m1/s1. The molecule has 34 heavy (non-hydrogen) atoms. The zero-order valence-electron chi connectivity index (χ0n) is 19.2. The van der Waals surface area contributed by atoms with Crippen molar-refractivity contribution >= 4 is 44.4 Å². The minimum Gasteiger partial charge on any atom is -0.381 e. The number of sulfonamides is 1. The van der Waals surface area contributed by atoms with Crippen LogP contribution in [0.25, 0.3) is 10.8 Å². The summed E-state index contributed by atoms with van der Waals surface area (Å²) < 4.78 is 28.9. The lowest BCUT2D eigenvalue weighted by Crippen LogP contribution is -2.41. The first-order valence-electron chi connectivity index (χ1n) is 11.1. The minimum atomic E-state index is -3.88. The lowest BCUT2D eigenvalue weighted by Gasteiger charge is -2.33. The molecule has 3 aromatic rings. The molecular formula is C24H28ClN5O3S. The van der Waals surface area contributed by atoms with Crippen molar-refractivity contribution in [3.63, 3.8) is 0 Å². The molecule has 0 unspecified atom stereocenters. The van der Waals surface area contributed by atoms with Crippen molar-refractivity contribution in [1.29, 1.82) is 0 Å². The van der Waals surface area contributed by atoms with E-state index in [-0.39, 0.29) is 21.5 Å². The third kappa shape index (κ3) is 5.78. The van der Waals surface area contributed by atoms with Crippen LogP contribution in [0.15, 0.2) is 62.7 Å². The highest BCUT2D eigenvalue weighted by Gasteiger charge is 2.22. The smallest absolute Gasteiger partial charge is 0.285 e. The van der Waals surface area contributed by atoms with Gasteiger partial charge in [-0.15, -0.1) is 4.40 Å². The van der Waals surface area contributed by atoms with Gasteiger partial charge in [0.15, 0.2) is 0 Å². The molecule has 1 saturated heterocycles. The molecule has 0 aliphatic carbocycles. The van der Waals surface area contributed by atoms with Gasteiger partial charge in [-0.2, -0.15) is 8.42 Å². The van der Waals surface area contributed by atoms with Crippen LogP contribution in [0.2, 0.25) is 5.02 Å². The molecule has 1 aromatic heterocycles. The molecule has 4 rings (SSSR count). The van der Waals surface area contributed by atoms with E-state index in [4.69, 9.17) is 11.6 Å². The van der Waals surface area contributed by atoms with Crippen LogP contribution in [0.4, 0.5) is 5.69 Å². The summed E-state index contributed by atoms with van der Waals surface area (Å²) in [5.41, 5.74) is 1.75. The Labute approximate surface area is 204 Å². The van der Waals surface area contributed by atoms with Crippen molar-refractivity contribution in [3.8, 4) is 0 Å². The van der Waals surface area contributed by atoms with Gasteiger partial charge in [0, 0.05) is 50.5 Å². The van der Waals surface area contributed by atoms with E-state index in [0.717, 1.165) is 42.6 Å². The van der Waals surface area contributed by atoms with Crippen molar-refractivity contribution in [3.05, 3.63) is 69.6 Å². The number of nitrogens with zero attached hydrogens (tertiary/aromatic N) is 3. The zero-order chi connectivity index (χ0) is 24.3. The molecule has 1 fully saturated rings. The van der Waals surface area contributed by atoms with Crippen molar-refractivity contribution in [2.75, 3.05) is 32.5 Å². The molecule has 0 saturated carbocycles. The van der Waals surface area contributed by atoms with Crippen LogP contribution in [-0.4, -0.2) is 62.8 Å². The molecule has 0 spiro atoms. The highest BCUT2D eigenvalue weighted by atomic mass is 35.5. The number of nitrogens with one attached hydrogen (secondary N) is 2. The van der Waals surface area contributed by atoms with E-state index in [1.54, 1.807) is 37.3 Å². The van der Waals surface area contributed by atoms with Gasteiger partial charge >= 0.3 is 0 Å². The highest BCUT2D eigenvalue weighted by Crippen LogP contribution is 2.26. The van der Waals surface area contributed by atoms with Crippen LogP contribution >= 0.6 is 11.6 Å². The fourth-order valence-corrected chi connectivity index (χ4v) is 5.60. The normalized spacial score (nSPS) is 17.3. The number of halogens is 1. The number of rotatable bonds is 7. The Balaban J connectivity index is 1.46. The van der Waals surface area contributed by atoms with Crippen LogP contribution < -0.4 is 10.9 Å². The largest absolute Gasteiger partial charge is 0.381 e. The van der Waals surface area contributed by atoms with Gasteiger partial charge in [-0.25, -0.2) is 0 Å². The second-order valence-corrected chi connectivity index (χ2v) is 10.8. The topological polar surface area (TPSA) is 97.9 Å². The summed E-state index contributed by atoms with van der Waals surface area (Å²) >= 11 is 6.19. The predicted molar refractivity (Wildman–Crippen MR) is 137 cm³/mol. The van der Waals surface area contributed by atoms with Crippen molar-refractivity contribution < 1.29 is 8.42 Å². The first kappa shape index (κ1) is 24.3. The molecule has 2 aromatic carbocycles. The summed E-state index contributed by atoms with van der Waals surface area (Å²) in [5.74, 6) is 0. The molecule has 0 bridgehead atoms. The molecule has 180 valence electrons. The number of piperidine rings is 1. The van der Waals surface area contributed by atoms with Crippen LogP contribution in [0.5, 0.6) is 0 Å². The Bertz CT molecular complexity index is 1370. The fraction of sp³-hybridized carbons (Fsp3) is 0.333. The highest BCUT2D eigenvalue weighted by molar-refractivity contribution is 7.90. The fourth-order valence-electron chi connectivity index (χ4n) is 4.15. The first-order chi connectivity index (χ1) is 16.2. The SMILES string of the molecule is CN(C)/C=N/S(=O)(=O)c1cc(CN2CCC[C@@H](Nc3ccc4c(=O)[nH]ccc4c3)C2)ccc1Cl. The number of aromatic nitrogens is 1. The van der Waals surface area contributed by atoms with Crippen LogP contribution in [0.1, 0.15) is 18.4 Å². The molecule has 1 atom stereocenters. The maximum absolute atomic E-state index is 12.6. The summed E-state index contributed by atoms with van der Waals surface area (Å²) in [5, 5.41) is 5.31. The Morgan fingerprint density at radius 3 is 2.85 bits per heavy atom. The summed E-state index contributed by atoms with van der Waals surface area (Å²) in [4.78, 5) is 18.5. The molecule has 8 nitrogen and oxygen atoms in total. The summed E-state index contributed by atoms with van der Waals surface area (Å²) in [6.45, 7) is 2.36. The minimum absolute atomic E-state index is 0.0163. The average Bonchev–Trinajstić information content (AvgIpc) is 2.79. The molecular weight excluding hydrogens is 474 g/mol. The van der Waals surface area contributed by atoms with Gasteiger partial charge in [0.25, 0.3) is 15.6 Å². The monoisotopic (exact) mass is 501 g/mol. The van der Waals surface area contributed by atoms with Gasteiger partial charge in [0.2, 0.25) is 0 Å². The number of anilines is 1. The number of benzene rings is 2. The number of likely N-dealkylation sites (tertiary alicyclic amines) is 1. The van der Waals surface area contributed by atoms with Gasteiger partial charge in [0.1, 0.15) is 11.2 Å². The summed E-state index contributed by atoms with van der Waals surface area (Å²) in [6.07, 6.45) is 4.96. The molecule has 0 radical (unpaired) electrons. The van der Waals surface area contributed by atoms with Crippen molar-refractivity contribution in [2.24, 2.45) is 4.40 Å². The maximum Gasteiger partial charge on any atom is 0.285 e. The molecule has 0 amide bonds. The zero-order valence-corrected chi connectivity index (χ0v) is 20.7. The van der Waals surface area contributed by atoms with Gasteiger partial charge in [-0.1, -0.05) is 17.7 Å². The Hall–Kier alpha value is -2.88. The summed E-state index contributed by atoms with van der Waals surface area (Å²) in [7, 11) is -0.474. The number of aromatic amines is 1. The van der Waals surface area contributed by atoms with E-state index in [1.165, 1.54) is 6.34 Å². The van der Waals surface area contributed by atoms with E-state index in [9.17, 15) is 13.2 Å². The molecule has 2 N–H and O–H groups in total. The van der Waals surface area contributed by atoms with Crippen molar-refractivity contribution in [1.82, 2.24) is 14.8 Å². The van der Waals surface area contributed by atoms with Gasteiger partial charge in [0.05, 0.1) is 5.02 Å². The van der Waals surface area contributed by atoms with E-state index < -0.39 is 10.0 Å². The van der Waals surface area contributed by atoms with E-state index in [0.29, 0.717) is 11.9 Å². The number of H-pyrrole nitrogens is 1. The molecule has 1 aliphatic heterocycles. The van der Waals surface area contributed by atoms with Gasteiger partial charge in [-0.05, 0) is 66.7 Å². The number of fused-ring (bicyclic) bond motifs is 1. The number of pyridine rings is 1. The molecule has 10 heteroatoms. The Kier molecular flexibility index (Phi) is 7.25. The molecule has 1 aliphatic rings. The van der Waals surface area contributed by atoms with Crippen LogP contribution in [0, 0.1) is 0 Å². The van der Waals surface area contributed by atoms with Crippen molar-refractivity contribution in [2.45, 2.75) is 30.3 Å². The second-order valence-electron chi connectivity index (χ2n) is 8.75. The van der Waals surface area contributed by atoms with Crippen LogP contribution in [0.3, 0.4) is 0 Å². The average molecular weight is 502 g/mol. The lowest BCUT2D eigenvalue weighted by molar-refractivity contribution is 0.208. The third-order valence-electron chi connectivity index (χ3n) is 5.75. The lowest BCUT2D eigenvalue weighted by atomic mass is 10.0. The van der Waals surface area contributed by atoms with E-state index >= 15 is 0 Å². The number of hydrogen-bond acceptors (Lipinski definition) is 5. The molecule has 2 heterocycles. The first-order valence-corrected chi connectivity index (χ1v) is 12.9.